The van der Waals surface area contributed by atoms with E-state index in [1.165, 1.54) is 11.8 Å². The maximum Gasteiger partial charge on any atom is 0.316 e. The van der Waals surface area contributed by atoms with Gasteiger partial charge >= 0.3 is 11.9 Å². The van der Waals surface area contributed by atoms with Crippen LogP contribution in [0.1, 0.15) is 34.1 Å². The molecule has 0 unspecified atom stereocenters. The van der Waals surface area contributed by atoms with Crippen molar-refractivity contribution in [2.24, 2.45) is 5.41 Å². The van der Waals surface area contributed by atoms with E-state index in [0.717, 1.165) is 0 Å². The van der Waals surface area contributed by atoms with Gasteiger partial charge in [-0.3, -0.25) is 9.59 Å². The van der Waals surface area contributed by atoms with Gasteiger partial charge in [-0.1, -0.05) is 20.4 Å². The number of hydrogen-bond acceptors (Lipinski definition) is 7. The minimum atomic E-state index is -0.392. The lowest BCUT2D eigenvalue weighted by molar-refractivity contribution is -0.142. The molecule has 136 valence electrons. The standard InChI is InChI=1S/C17H26O6S/c1-6-20-14(18)8-13(24-9-15(19)21-7-2)16-12(3)22-10-17(4,5)11-23-16/h3,6-11H2,1-2,4-5H3/b16-13+. The Kier molecular flexibility index (Phi) is 8.18. The molecule has 0 radical (unpaired) electrons. The highest BCUT2D eigenvalue weighted by molar-refractivity contribution is 8.03. The molecule has 1 fully saturated rings. The first-order valence-electron chi connectivity index (χ1n) is 7.91. The molecule has 1 aliphatic rings. The molecule has 0 amide bonds. The molecule has 1 saturated heterocycles. The first-order valence-corrected chi connectivity index (χ1v) is 8.89. The van der Waals surface area contributed by atoms with Gasteiger partial charge in [-0.25, -0.2) is 0 Å². The van der Waals surface area contributed by atoms with E-state index in [0.29, 0.717) is 36.2 Å². The third-order valence-electron chi connectivity index (χ3n) is 3.03. The monoisotopic (exact) mass is 358 g/mol. The third-order valence-corrected chi connectivity index (χ3v) is 4.09. The van der Waals surface area contributed by atoms with Crippen LogP contribution in [-0.4, -0.2) is 44.1 Å². The molecular formula is C17H26O6S. The summed E-state index contributed by atoms with van der Waals surface area (Å²) in [6, 6.07) is 0. The SMILES string of the molecule is C=C1OCC(C)(C)CO/C1=C(\CC(=O)OCC)SCC(=O)OCC. The largest absolute Gasteiger partial charge is 0.490 e. The highest BCUT2D eigenvalue weighted by Crippen LogP contribution is 2.34. The maximum atomic E-state index is 11.9. The topological polar surface area (TPSA) is 71.1 Å². The Bertz CT molecular complexity index is 509. The summed E-state index contributed by atoms with van der Waals surface area (Å²) >= 11 is 1.18. The Balaban J connectivity index is 2.97. The Morgan fingerprint density at radius 2 is 1.71 bits per heavy atom. The van der Waals surface area contributed by atoms with E-state index in [-0.39, 0.29) is 30.2 Å². The fourth-order valence-electron chi connectivity index (χ4n) is 1.86. The van der Waals surface area contributed by atoms with Gasteiger partial charge in [-0.05, 0) is 13.8 Å². The van der Waals surface area contributed by atoms with Crippen molar-refractivity contribution in [3.05, 3.63) is 23.0 Å². The summed E-state index contributed by atoms with van der Waals surface area (Å²) < 4.78 is 21.4. The summed E-state index contributed by atoms with van der Waals surface area (Å²) in [5.41, 5.74) is -0.175. The number of esters is 2. The van der Waals surface area contributed by atoms with Gasteiger partial charge < -0.3 is 18.9 Å². The Labute approximate surface area is 147 Å². The molecule has 0 spiro atoms. The van der Waals surface area contributed by atoms with Crippen LogP contribution in [0.25, 0.3) is 0 Å². The summed E-state index contributed by atoms with van der Waals surface area (Å²) in [5, 5.41) is 0. The molecule has 0 atom stereocenters. The van der Waals surface area contributed by atoms with Crippen molar-refractivity contribution in [3.63, 3.8) is 0 Å². The molecule has 0 N–H and O–H groups in total. The molecule has 7 heteroatoms. The van der Waals surface area contributed by atoms with Crippen molar-refractivity contribution in [2.45, 2.75) is 34.1 Å². The van der Waals surface area contributed by atoms with E-state index in [2.05, 4.69) is 6.58 Å². The first-order chi connectivity index (χ1) is 11.3. The van der Waals surface area contributed by atoms with Crippen LogP contribution in [0.3, 0.4) is 0 Å². The lowest BCUT2D eigenvalue weighted by atomic mass is 9.97. The number of rotatable bonds is 7. The molecule has 1 heterocycles. The van der Waals surface area contributed by atoms with Crippen LogP contribution in [0, 0.1) is 5.41 Å². The second kappa shape index (κ2) is 9.61. The zero-order valence-electron chi connectivity index (χ0n) is 14.8. The maximum absolute atomic E-state index is 11.9. The lowest BCUT2D eigenvalue weighted by Gasteiger charge is -2.19. The molecule has 0 saturated carbocycles. The van der Waals surface area contributed by atoms with Gasteiger partial charge in [0.25, 0.3) is 0 Å². The molecule has 1 rings (SSSR count). The number of hydrogen-bond donors (Lipinski definition) is 0. The van der Waals surface area contributed by atoms with E-state index in [1.807, 2.05) is 13.8 Å². The van der Waals surface area contributed by atoms with Gasteiger partial charge in [-0.15, -0.1) is 11.8 Å². The van der Waals surface area contributed by atoms with Crippen LogP contribution in [0.2, 0.25) is 0 Å². The van der Waals surface area contributed by atoms with E-state index < -0.39 is 5.97 Å². The summed E-state index contributed by atoms with van der Waals surface area (Å²) in [7, 11) is 0. The third kappa shape index (κ3) is 6.86. The summed E-state index contributed by atoms with van der Waals surface area (Å²) in [6.07, 6.45) is -0.00392. The van der Waals surface area contributed by atoms with Gasteiger partial charge in [0.15, 0.2) is 11.5 Å². The average molecular weight is 358 g/mol. The fraction of sp³-hybridized carbons (Fsp3) is 0.647. The minimum Gasteiger partial charge on any atom is -0.490 e. The average Bonchev–Trinajstić information content (AvgIpc) is 2.63. The molecule has 0 bridgehead atoms. The Morgan fingerprint density at radius 3 is 2.33 bits per heavy atom. The zero-order valence-corrected chi connectivity index (χ0v) is 15.6. The van der Waals surface area contributed by atoms with E-state index in [4.69, 9.17) is 18.9 Å². The van der Waals surface area contributed by atoms with Crippen LogP contribution in [0.15, 0.2) is 23.0 Å². The van der Waals surface area contributed by atoms with Crippen molar-refractivity contribution in [1.82, 2.24) is 0 Å². The second-order valence-electron chi connectivity index (χ2n) is 5.99. The Hall–Kier alpha value is -1.63. The first kappa shape index (κ1) is 20.4. The van der Waals surface area contributed by atoms with Gasteiger partial charge in [0.2, 0.25) is 0 Å². The summed E-state index contributed by atoms with van der Waals surface area (Å²) in [5.74, 6) is 0.0897. The second-order valence-corrected chi connectivity index (χ2v) is 7.06. The molecule has 0 aromatic heterocycles. The predicted octanol–water partition coefficient (Wildman–Crippen LogP) is 3.03. The zero-order chi connectivity index (χ0) is 18.2. The summed E-state index contributed by atoms with van der Waals surface area (Å²) in [6.45, 7) is 12.9. The number of thioether (sulfide) groups is 1. The number of carbonyl (C=O) groups excluding carboxylic acids is 2. The van der Waals surface area contributed by atoms with Gasteiger partial charge in [0, 0.05) is 10.3 Å². The number of carbonyl (C=O) groups is 2. The van der Waals surface area contributed by atoms with Crippen molar-refractivity contribution in [2.75, 3.05) is 32.2 Å². The van der Waals surface area contributed by atoms with Crippen molar-refractivity contribution < 1.29 is 28.5 Å². The van der Waals surface area contributed by atoms with Crippen LogP contribution in [-0.2, 0) is 28.5 Å². The minimum absolute atomic E-state index is 0.00392. The lowest BCUT2D eigenvalue weighted by Crippen LogP contribution is -2.21. The van der Waals surface area contributed by atoms with Crippen molar-refractivity contribution >= 4 is 23.7 Å². The predicted molar refractivity (Wildman–Crippen MR) is 92.2 cm³/mol. The molecule has 0 aliphatic carbocycles. The highest BCUT2D eigenvalue weighted by atomic mass is 32.2. The molecule has 1 aliphatic heterocycles. The van der Waals surface area contributed by atoms with Crippen LogP contribution < -0.4 is 0 Å². The van der Waals surface area contributed by atoms with E-state index in [1.54, 1.807) is 13.8 Å². The van der Waals surface area contributed by atoms with Crippen LogP contribution in [0.5, 0.6) is 0 Å². The smallest absolute Gasteiger partial charge is 0.316 e. The van der Waals surface area contributed by atoms with Gasteiger partial charge in [0.05, 0.1) is 38.6 Å². The molecule has 0 aromatic carbocycles. The van der Waals surface area contributed by atoms with Crippen molar-refractivity contribution in [1.29, 1.82) is 0 Å². The van der Waals surface area contributed by atoms with Crippen LogP contribution >= 0.6 is 11.8 Å². The summed E-state index contributed by atoms with van der Waals surface area (Å²) in [4.78, 5) is 24.1. The van der Waals surface area contributed by atoms with Gasteiger partial charge in [-0.2, -0.15) is 0 Å². The highest BCUT2D eigenvalue weighted by Gasteiger charge is 2.28. The molecular weight excluding hydrogens is 332 g/mol. The quantitative estimate of drug-likeness (QED) is 0.648. The molecule has 0 aromatic rings. The van der Waals surface area contributed by atoms with E-state index in [9.17, 15) is 9.59 Å². The van der Waals surface area contributed by atoms with Crippen molar-refractivity contribution in [3.8, 4) is 0 Å². The van der Waals surface area contributed by atoms with E-state index >= 15 is 0 Å². The Morgan fingerprint density at radius 1 is 1.12 bits per heavy atom. The van der Waals surface area contributed by atoms with Crippen LogP contribution in [0.4, 0.5) is 0 Å². The van der Waals surface area contributed by atoms with Gasteiger partial charge in [0.1, 0.15) is 0 Å². The molecule has 24 heavy (non-hydrogen) atoms. The normalized spacial score (nSPS) is 18.8. The molecule has 6 nitrogen and oxygen atoms in total. The fourth-order valence-corrected chi connectivity index (χ4v) is 2.76. The number of ether oxygens (including phenoxy) is 4.